The highest BCUT2D eigenvalue weighted by atomic mass is 16.4. The van der Waals surface area contributed by atoms with Crippen molar-refractivity contribution in [3.8, 4) is 0 Å². The van der Waals surface area contributed by atoms with Crippen molar-refractivity contribution in [2.45, 2.75) is 51.6 Å². The van der Waals surface area contributed by atoms with Crippen molar-refractivity contribution in [1.29, 1.82) is 0 Å². The van der Waals surface area contributed by atoms with Crippen LogP contribution in [0, 0.1) is 0 Å². The number of carboxylic acid groups (broad SMARTS) is 1. The van der Waals surface area contributed by atoms with Crippen LogP contribution in [0.1, 0.15) is 43.7 Å². The van der Waals surface area contributed by atoms with Crippen molar-refractivity contribution in [2.75, 3.05) is 0 Å². The molecule has 1 aliphatic heterocycles. The monoisotopic (exact) mass is 275 g/mol. The molecule has 1 atom stereocenters. The summed E-state index contributed by atoms with van der Waals surface area (Å²) in [4.78, 5) is 25.2. The van der Waals surface area contributed by atoms with E-state index in [0.29, 0.717) is 19.4 Å². The van der Waals surface area contributed by atoms with Crippen LogP contribution in [0.5, 0.6) is 0 Å². The molecule has 2 rings (SSSR count). The molecule has 1 heterocycles. The molecule has 1 aromatic carbocycles. The first-order chi connectivity index (χ1) is 9.63. The van der Waals surface area contributed by atoms with Crippen molar-refractivity contribution in [1.82, 2.24) is 4.90 Å². The van der Waals surface area contributed by atoms with Gasteiger partial charge in [-0.15, -0.1) is 0 Å². The summed E-state index contributed by atoms with van der Waals surface area (Å²) in [6, 6.07) is 7.04. The highest BCUT2D eigenvalue weighted by Gasteiger charge is 2.33. The van der Waals surface area contributed by atoms with Crippen LogP contribution in [0.4, 0.5) is 0 Å². The minimum atomic E-state index is -0.914. The number of hydrogen-bond donors (Lipinski definition) is 1. The number of amides is 1. The van der Waals surface area contributed by atoms with Crippen molar-refractivity contribution < 1.29 is 14.7 Å². The number of carboxylic acids is 1. The Morgan fingerprint density at radius 2 is 1.95 bits per heavy atom. The number of carbonyl (C=O) groups is 2. The normalized spacial score (nSPS) is 17.6. The van der Waals surface area contributed by atoms with Gasteiger partial charge in [0.1, 0.15) is 6.04 Å². The topological polar surface area (TPSA) is 57.6 Å². The maximum atomic E-state index is 12.3. The maximum Gasteiger partial charge on any atom is 0.326 e. The number of rotatable bonds is 5. The summed E-state index contributed by atoms with van der Waals surface area (Å²) in [6.07, 6.45) is 3.75. The number of aliphatic carboxylic acids is 1. The standard InChI is InChI=1S/C16H21NO3/c1-2-3-4-9-15(18)17-11-13-8-6-5-7-12(13)10-14(17)16(19)20/h5-8,14H,2-4,9-11H2,1H3,(H,19,20). The van der Waals surface area contributed by atoms with E-state index in [1.165, 1.54) is 4.90 Å². The van der Waals surface area contributed by atoms with Crippen LogP contribution < -0.4 is 0 Å². The summed E-state index contributed by atoms with van der Waals surface area (Å²) >= 11 is 0. The van der Waals surface area contributed by atoms with Crippen LogP contribution in [-0.4, -0.2) is 27.9 Å². The molecule has 0 bridgehead atoms. The molecule has 0 saturated carbocycles. The Kier molecular flexibility index (Phi) is 4.77. The van der Waals surface area contributed by atoms with E-state index in [-0.39, 0.29) is 5.91 Å². The average molecular weight is 275 g/mol. The maximum absolute atomic E-state index is 12.3. The summed E-state index contributed by atoms with van der Waals surface area (Å²) in [5.41, 5.74) is 2.10. The molecule has 108 valence electrons. The molecule has 1 N–H and O–H groups in total. The lowest BCUT2D eigenvalue weighted by Crippen LogP contribution is -2.48. The first-order valence-electron chi connectivity index (χ1n) is 7.22. The Morgan fingerprint density at radius 1 is 1.25 bits per heavy atom. The third-order valence-electron chi connectivity index (χ3n) is 3.85. The molecule has 1 aliphatic rings. The zero-order valence-electron chi connectivity index (χ0n) is 11.8. The summed E-state index contributed by atoms with van der Waals surface area (Å²) in [5, 5.41) is 9.36. The molecule has 1 unspecified atom stereocenters. The number of benzene rings is 1. The van der Waals surface area contributed by atoms with Crippen molar-refractivity contribution in [3.05, 3.63) is 35.4 Å². The molecule has 1 amide bonds. The van der Waals surface area contributed by atoms with E-state index in [9.17, 15) is 14.7 Å². The van der Waals surface area contributed by atoms with Crippen molar-refractivity contribution in [3.63, 3.8) is 0 Å². The van der Waals surface area contributed by atoms with Crippen LogP contribution in [0.2, 0.25) is 0 Å². The van der Waals surface area contributed by atoms with E-state index < -0.39 is 12.0 Å². The van der Waals surface area contributed by atoms with Gasteiger partial charge in [0.05, 0.1) is 0 Å². The van der Waals surface area contributed by atoms with Crippen LogP contribution in [0.15, 0.2) is 24.3 Å². The van der Waals surface area contributed by atoms with E-state index in [1.807, 2.05) is 24.3 Å². The number of hydrogen-bond acceptors (Lipinski definition) is 2. The van der Waals surface area contributed by atoms with Gasteiger partial charge in [-0.2, -0.15) is 0 Å². The Labute approximate surface area is 119 Å². The second kappa shape index (κ2) is 6.55. The smallest absolute Gasteiger partial charge is 0.326 e. The van der Waals surface area contributed by atoms with Gasteiger partial charge in [0.2, 0.25) is 5.91 Å². The van der Waals surface area contributed by atoms with Crippen LogP contribution in [0.25, 0.3) is 0 Å². The van der Waals surface area contributed by atoms with Gasteiger partial charge < -0.3 is 10.0 Å². The summed E-state index contributed by atoms with van der Waals surface area (Å²) in [6.45, 7) is 2.50. The molecular weight excluding hydrogens is 254 g/mol. The second-order valence-electron chi connectivity index (χ2n) is 5.31. The molecule has 0 aliphatic carbocycles. The van der Waals surface area contributed by atoms with E-state index >= 15 is 0 Å². The minimum Gasteiger partial charge on any atom is -0.480 e. The molecule has 0 saturated heterocycles. The van der Waals surface area contributed by atoms with Crippen LogP contribution >= 0.6 is 0 Å². The fraction of sp³-hybridized carbons (Fsp3) is 0.500. The molecule has 0 fully saturated rings. The second-order valence-corrected chi connectivity index (χ2v) is 5.31. The Morgan fingerprint density at radius 3 is 2.60 bits per heavy atom. The lowest BCUT2D eigenvalue weighted by molar-refractivity contribution is -0.151. The van der Waals surface area contributed by atoms with Gasteiger partial charge >= 0.3 is 5.97 Å². The molecule has 4 heteroatoms. The average Bonchev–Trinajstić information content (AvgIpc) is 2.46. The molecule has 1 aromatic rings. The van der Waals surface area contributed by atoms with Gasteiger partial charge in [-0.3, -0.25) is 4.79 Å². The van der Waals surface area contributed by atoms with Gasteiger partial charge in [0.25, 0.3) is 0 Å². The van der Waals surface area contributed by atoms with Gasteiger partial charge in [-0.25, -0.2) is 4.79 Å². The van der Waals surface area contributed by atoms with Gasteiger partial charge in [-0.1, -0.05) is 44.0 Å². The van der Waals surface area contributed by atoms with E-state index in [0.717, 1.165) is 30.4 Å². The predicted molar refractivity (Wildman–Crippen MR) is 76.3 cm³/mol. The Balaban J connectivity index is 2.13. The largest absolute Gasteiger partial charge is 0.480 e. The number of fused-ring (bicyclic) bond motifs is 1. The van der Waals surface area contributed by atoms with Gasteiger partial charge in [0.15, 0.2) is 0 Å². The summed E-state index contributed by atoms with van der Waals surface area (Å²) in [7, 11) is 0. The van der Waals surface area contributed by atoms with Gasteiger partial charge in [-0.05, 0) is 17.5 Å². The number of carbonyl (C=O) groups excluding carboxylic acids is 1. The minimum absolute atomic E-state index is 0.0413. The number of nitrogens with zero attached hydrogens (tertiary/aromatic N) is 1. The van der Waals surface area contributed by atoms with Crippen LogP contribution in [0.3, 0.4) is 0 Å². The van der Waals surface area contributed by atoms with Crippen molar-refractivity contribution in [2.24, 2.45) is 0 Å². The molecule has 0 radical (unpaired) electrons. The van der Waals surface area contributed by atoms with Crippen LogP contribution in [-0.2, 0) is 22.6 Å². The van der Waals surface area contributed by atoms with E-state index in [4.69, 9.17) is 0 Å². The Bertz CT molecular complexity index is 498. The molecule has 0 aromatic heterocycles. The highest BCUT2D eigenvalue weighted by Crippen LogP contribution is 2.24. The first-order valence-corrected chi connectivity index (χ1v) is 7.22. The number of unbranched alkanes of at least 4 members (excludes halogenated alkanes) is 2. The zero-order chi connectivity index (χ0) is 14.5. The van der Waals surface area contributed by atoms with Crippen molar-refractivity contribution >= 4 is 11.9 Å². The first kappa shape index (κ1) is 14.6. The molecule has 4 nitrogen and oxygen atoms in total. The third kappa shape index (κ3) is 3.18. The lowest BCUT2D eigenvalue weighted by Gasteiger charge is -2.34. The van der Waals surface area contributed by atoms with E-state index in [1.54, 1.807) is 0 Å². The zero-order valence-corrected chi connectivity index (χ0v) is 11.8. The summed E-state index contributed by atoms with van der Waals surface area (Å²) < 4.78 is 0. The highest BCUT2D eigenvalue weighted by molar-refractivity contribution is 5.84. The predicted octanol–water partition coefficient (Wildman–Crippen LogP) is 2.60. The lowest BCUT2D eigenvalue weighted by atomic mass is 9.93. The van der Waals surface area contributed by atoms with Gasteiger partial charge in [0, 0.05) is 19.4 Å². The summed E-state index contributed by atoms with van der Waals surface area (Å²) in [5.74, 6) is -0.955. The Hall–Kier alpha value is -1.84. The SMILES string of the molecule is CCCCCC(=O)N1Cc2ccccc2CC1C(=O)O. The fourth-order valence-electron chi connectivity index (χ4n) is 2.68. The third-order valence-corrected chi connectivity index (χ3v) is 3.85. The molecular formula is C16H21NO3. The molecule has 0 spiro atoms. The fourth-order valence-corrected chi connectivity index (χ4v) is 2.68. The quantitative estimate of drug-likeness (QED) is 0.840. The molecule has 20 heavy (non-hydrogen) atoms. The van der Waals surface area contributed by atoms with E-state index in [2.05, 4.69) is 6.92 Å².